The number of rotatable bonds is 6. The molecule has 1 spiro atoms. The average Bonchev–Trinajstić information content (AvgIpc) is 3.15. The highest BCUT2D eigenvalue weighted by molar-refractivity contribution is 6.12. The summed E-state index contributed by atoms with van der Waals surface area (Å²) in [6.07, 6.45) is 0.324. The topological polar surface area (TPSA) is 89.9 Å². The number of carbonyl (C=O) groups is 3. The summed E-state index contributed by atoms with van der Waals surface area (Å²) in [6.45, 7) is 4.94. The number of nitrogens with one attached hydrogen (secondary N) is 1. The molecule has 0 saturated carbocycles. The molecular weight excluding hydrogens is 386 g/mol. The average molecular weight is 411 g/mol. The zero-order chi connectivity index (χ0) is 21.5. The maximum atomic E-state index is 13.3. The standard InChI is InChI=1S/C22H25N3O5/c1-14-12-16(15(2)24(14)9-11-29-3)18(26)13-25-20(27)22(23-21(25)28)8-10-30-19-7-5-4-6-17(19)22/h4-7,12H,8-11,13H2,1-3H3,(H,23,28)/t22-/m0/s1. The summed E-state index contributed by atoms with van der Waals surface area (Å²) < 4.78 is 12.8. The molecule has 1 atom stereocenters. The maximum absolute atomic E-state index is 13.3. The van der Waals surface area contributed by atoms with E-state index < -0.39 is 17.5 Å². The molecule has 8 heteroatoms. The first-order valence-electron chi connectivity index (χ1n) is 9.94. The van der Waals surface area contributed by atoms with Crippen molar-refractivity contribution in [2.75, 3.05) is 26.9 Å². The van der Waals surface area contributed by atoms with Gasteiger partial charge in [0.2, 0.25) is 0 Å². The second-order valence-corrected chi connectivity index (χ2v) is 7.67. The molecule has 0 radical (unpaired) electrons. The summed E-state index contributed by atoms with van der Waals surface area (Å²) in [7, 11) is 1.63. The number of hydrogen-bond donors (Lipinski definition) is 1. The summed E-state index contributed by atoms with van der Waals surface area (Å²) in [4.78, 5) is 40.1. The van der Waals surface area contributed by atoms with Gasteiger partial charge in [0.1, 0.15) is 5.75 Å². The number of ether oxygens (including phenoxy) is 2. The third-order valence-electron chi connectivity index (χ3n) is 5.95. The maximum Gasteiger partial charge on any atom is 0.325 e. The van der Waals surface area contributed by atoms with Gasteiger partial charge in [-0.3, -0.25) is 14.5 Å². The van der Waals surface area contributed by atoms with E-state index in [1.807, 2.05) is 24.5 Å². The molecule has 2 aliphatic heterocycles. The first-order chi connectivity index (χ1) is 14.4. The third kappa shape index (κ3) is 3.08. The van der Waals surface area contributed by atoms with E-state index in [4.69, 9.17) is 9.47 Å². The number of nitrogens with zero attached hydrogens (tertiary/aromatic N) is 2. The minimum Gasteiger partial charge on any atom is -0.493 e. The summed E-state index contributed by atoms with van der Waals surface area (Å²) in [5.41, 5.74) is 1.69. The lowest BCUT2D eigenvalue weighted by Gasteiger charge is -2.33. The van der Waals surface area contributed by atoms with E-state index in [2.05, 4.69) is 5.32 Å². The van der Waals surface area contributed by atoms with Gasteiger partial charge in [-0.05, 0) is 26.0 Å². The van der Waals surface area contributed by atoms with Gasteiger partial charge in [-0.1, -0.05) is 18.2 Å². The van der Waals surface area contributed by atoms with Crippen molar-refractivity contribution in [2.45, 2.75) is 32.4 Å². The van der Waals surface area contributed by atoms with Crippen molar-refractivity contribution >= 4 is 17.7 Å². The number of urea groups is 1. The first-order valence-corrected chi connectivity index (χ1v) is 9.94. The fourth-order valence-electron chi connectivity index (χ4n) is 4.35. The molecule has 158 valence electrons. The van der Waals surface area contributed by atoms with Crippen molar-refractivity contribution in [3.05, 3.63) is 52.8 Å². The van der Waals surface area contributed by atoms with E-state index >= 15 is 0 Å². The molecule has 2 aliphatic rings. The van der Waals surface area contributed by atoms with Crippen LogP contribution in [0.5, 0.6) is 5.75 Å². The number of benzene rings is 1. The van der Waals surface area contributed by atoms with Gasteiger partial charge in [-0.15, -0.1) is 0 Å². The van der Waals surface area contributed by atoms with Crippen molar-refractivity contribution in [1.29, 1.82) is 0 Å². The smallest absolute Gasteiger partial charge is 0.325 e. The number of aromatic nitrogens is 1. The molecule has 0 bridgehead atoms. The Morgan fingerprint density at radius 2 is 2.03 bits per heavy atom. The normalized spacial score (nSPS) is 20.3. The third-order valence-corrected chi connectivity index (χ3v) is 5.95. The Morgan fingerprint density at radius 3 is 2.80 bits per heavy atom. The van der Waals surface area contributed by atoms with E-state index in [0.717, 1.165) is 16.3 Å². The molecule has 3 heterocycles. The van der Waals surface area contributed by atoms with Crippen LogP contribution in [0.15, 0.2) is 30.3 Å². The highest BCUT2D eigenvalue weighted by atomic mass is 16.5. The van der Waals surface area contributed by atoms with Gasteiger partial charge in [-0.25, -0.2) is 4.79 Å². The van der Waals surface area contributed by atoms with Crippen LogP contribution in [0.2, 0.25) is 0 Å². The lowest BCUT2D eigenvalue weighted by Crippen LogP contribution is -2.47. The Kier molecular flexibility index (Phi) is 5.11. The second-order valence-electron chi connectivity index (χ2n) is 7.67. The SMILES string of the molecule is COCCn1c(C)cc(C(=O)CN2C(=O)N[C@]3(CCOc4ccccc43)C2=O)c1C. The quantitative estimate of drug-likeness (QED) is 0.581. The summed E-state index contributed by atoms with van der Waals surface area (Å²) >= 11 is 0. The number of methoxy groups -OCH3 is 1. The Morgan fingerprint density at radius 1 is 1.27 bits per heavy atom. The molecule has 1 aromatic heterocycles. The number of imide groups is 1. The largest absolute Gasteiger partial charge is 0.493 e. The Bertz CT molecular complexity index is 1030. The van der Waals surface area contributed by atoms with Crippen molar-refractivity contribution in [3.8, 4) is 5.75 Å². The predicted molar refractivity (Wildman–Crippen MR) is 109 cm³/mol. The van der Waals surface area contributed by atoms with Crippen molar-refractivity contribution in [2.24, 2.45) is 0 Å². The van der Waals surface area contributed by atoms with E-state index in [-0.39, 0.29) is 12.3 Å². The Balaban J connectivity index is 1.59. The number of carbonyl (C=O) groups excluding carboxylic acids is 3. The van der Waals surface area contributed by atoms with Gasteiger partial charge in [0.15, 0.2) is 11.3 Å². The molecule has 3 amide bonds. The summed E-state index contributed by atoms with van der Waals surface area (Å²) in [5.74, 6) is -0.107. The van der Waals surface area contributed by atoms with Crippen LogP contribution in [0, 0.1) is 13.8 Å². The highest BCUT2D eigenvalue weighted by Gasteiger charge is 2.55. The van der Waals surface area contributed by atoms with Crippen LogP contribution in [0.4, 0.5) is 4.79 Å². The minimum absolute atomic E-state index is 0.271. The fourth-order valence-corrected chi connectivity index (χ4v) is 4.35. The zero-order valence-corrected chi connectivity index (χ0v) is 17.4. The van der Waals surface area contributed by atoms with Crippen molar-refractivity contribution in [1.82, 2.24) is 14.8 Å². The fraction of sp³-hybridized carbons (Fsp3) is 0.409. The lowest BCUT2D eigenvalue weighted by atomic mass is 9.84. The molecule has 0 unspecified atom stereocenters. The Labute approximate surface area is 174 Å². The lowest BCUT2D eigenvalue weighted by molar-refractivity contribution is -0.132. The van der Waals surface area contributed by atoms with Crippen LogP contribution in [0.3, 0.4) is 0 Å². The number of ketones is 1. The molecule has 2 aromatic rings. The van der Waals surface area contributed by atoms with Gasteiger partial charge >= 0.3 is 6.03 Å². The summed E-state index contributed by atoms with van der Waals surface area (Å²) in [6, 6.07) is 8.42. The van der Waals surface area contributed by atoms with Crippen molar-refractivity contribution < 1.29 is 23.9 Å². The number of hydrogen-bond acceptors (Lipinski definition) is 5. The van der Waals surface area contributed by atoms with E-state index in [1.165, 1.54) is 0 Å². The molecule has 0 aliphatic carbocycles. The molecule has 8 nitrogen and oxygen atoms in total. The van der Waals surface area contributed by atoms with Crippen LogP contribution in [0.1, 0.15) is 33.7 Å². The van der Waals surface area contributed by atoms with Crippen LogP contribution in [-0.4, -0.2) is 54.1 Å². The number of para-hydroxylation sites is 1. The molecule has 30 heavy (non-hydrogen) atoms. The molecule has 1 aromatic carbocycles. The molecular formula is C22H25N3O5. The van der Waals surface area contributed by atoms with Gasteiger partial charge in [0.25, 0.3) is 5.91 Å². The van der Waals surface area contributed by atoms with Crippen LogP contribution in [-0.2, 0) is 21.6 Å². The minimum atomic E-state index is -1.18. The molecule has 1 saturated heterocycles. The number of amides is 3. The molecule has 1 N–H and O–H groups in total. The van der Waals surface area contributed by atoms with E-state index in [9.17, 15) is 14.4 Å². The van der Waals surface area contributed by atoms with Gasteiger partial charge in [0.05, 0.1) is 19.8 Å². The molecule has 1 fully saturated rings. The van der Waals surface area contributed by atoms with Gasteiger partial charge < -0.3 is 19.4 Å². The summed E-state index contributed by atoms with van der Waals surface area (Å²) in [5, 5.41) is 2.82. The predicted octanol–water partition coefficient (Wildman–Crippen LogP) is 2.16. The van der Waals surface area contributed by atoms with Gasteiger partial charge in [0, 0.05) is 42.6 Å². The highest BCUT2D eigenvalue weighted by Crippen LogP contribution is 2.41. The van der Waals surface area contributed by atoms with E-state index in [0.29, 0.717) is 43.1 Å². The van der Waals surface area contributed by atoms with Crippen LogP contribution < -0.4 is 10.1 Å². The van der Waals surface area contributed by atoms with E-state index in [1.54, 1.807) is 31.4 Å². The number of Topliss-reactive ketones (excluding diaryl/α,β-unsaturated/α-hetero) is 1. The number of fused-ring (bicyclic) bond motifs is 2. The Hall–Kier alpha value is -3.13. The number of aryl methyl sites for hydroxylation is 1. The van der Waals surface area contributed by atoms with Crippen LogP contribution >= 0.6 is 0 Å². The van der Waals surface area contributed by atoms with Crippen LogP contribution in [0.25, 0.3) is 0 Å². The second kappa shape index (κ2) is 7.60. The molecule has 4 rings (SSSR count). The monoisotopic (exact) mass is 411 g/mol. The first kappa shape index (κ1) is 20.2. The zero-order valence-electron chi connectivity index (χ0n) is 17.4. The van der Waals surface area contributed by atoms with Crippen molar-refractivity contribution in [3.63, 3.8) is 0 Å². The van der Waals surface area contributed by atoms with Gasteiger partial charge in [-0.2, -0.15) is 0 Å².